The summed E-state index contributed by atoms with van der Waals surface area (Å²) in [4.78, 5) is 37.5. The molecule has 0 bridgehead atoms. The molecule has 1 amide bonds. The van der Waals surface area contributed by atoms with Gasteiger partial charge in [-0.25, -0.2) is 0 Å². The highest BCUT2D eigenvalue weighted by atomic mass is 16.4. The molecule has 1 fully saturated rings. The summed E-state index contributed by atoms with van der Waals surface area (Å²) in [6.45, 7) is -0.281. The second-order valence-corrected chi connectivity index (χ2v) is 6.94. The number of aliphatic carboxylic acids is 1. The quantitative estimate of drug-likeness (QED) is 0.593. The number of ketones is 1. The van der Waals surface area contributed by atoms with Crippen molar-refractivity contribution in [3.8, 4) is 0 Å². The zero-order chi connectivity index (χ0) is 19.6. The maximum absolute atomic E-state index is 12.8. The van der Waals surface area contributed by atoms with Gasteiger partial charge < -0.3 is 15.1 Å². The summed E-state index contributed by atoms with van der Waals surface area (Å²) in [5, 5.41) is 21.5. The van der Waals surface area contributed by atoms with Crippen molar-refractivity contribution in [1.82, 2.24) is 10.2 Å². The predicted molar refractivity (Wildman–Crippen MR) is 100 cm³/mol. The number of hydrogen-bond acceptors (Lipinski definition) is 5. The minimum atomic E-state index is -0.987. The number of amides is 1. The van der Waals surface area contributed by atoms with Crippen molar-refractivity contribution >= 4 is 17.7 Å². The van der Waals surface area contributed by atoms with Gasteiger partial charge in [0.2, 0.25) is 5.91 Å². The molecule has 1 heterocycles. The summed E-state index contributed by atoms with van der Waals surface area (Å²) in [7, 11) is 0. The van der Waals surface area contributed by atoms with Crippen molar-refractivity contribution in [2.45, 2.75) is 50.6 Å². The second-order valence-electron chi connectivity index (χ2n) is 6.94. The van der Waals surface area contributed by atoms with E-state index in [0.717, 1.165) is 24.8 Å². The SMILES string of the molecule is O=C(CO)CN1CCCCCC(NC(CCc2ccccc2)C(=O)O)C1=O. The van der Waals surface area contributed by atoms with Gasteiger partial charge in [-0.3, -0.25) is 19.7 Å². The first-order valence-electron chi connectivity index (χ1n) is 9.45. The number of nitrogens with zero attached hydrogens (tertiary/aromatic N) is 1. The number of benzene rings is 1. The molecule has 27 heavy (non-hydrogen) atoms. The van der Waals surface area contributed by atoms with Gasteiger partial charge in [0.25, 0.3) is 0 Å². The third-order valence-electron chi connectivity index (χ3n) is 4.84. The predicted octanol–water partition coefficient (Wildman–Crippen LogP) is 0.995. The number of carboxylic acids is 1. The normalized spacial score (nSPS) is 19.2. The number of rotatable bonds is 9. The van der Waals surface area contributed by atoms with Crippen LogP contribution in [0.1, 0.15) is 37.7 Å². The van der Waals surface area contributed by atoms with Gasteiger partial charge in [0.1, 0.15) is 12.6 Å². The Kier molecular flexibility index (Phi) is 8.42. The number of carbonyl (C=O) groups is 3. The molecule has 148 valence electrons. The van der Waals surface area contributed by atoms with Gasteiger partial charge in [-0.2, -0.15) is 0 Å². The third kappa shape index (κ3) is 6.77. The minimum absolute atomic E-state index is 0.130. The number of aryl methyl sites for hydroxylation is 1. The number of Topliss-reactive ketones (excluding diaryl/α,β-unsaturated/α-hetero) is 1. The van der Waals surface area contributed by atoms with Gasteiger partial charge in [-0.15, -0.1) is 0 Å². The first-order valence-corrected chi connectivity index (χ1v) is 9.45. The van der Waals surface area contributed by atoms with Crippen LogP contribution in [-0.4, -0.2) is 64.6 Å². The Hall–Kier alpha value is -2.25. The topological polar surface area (TPSA) is 107 Å². The van der Waals surface area contributed by atoms with Crippen LogP contribution in [0.3, 0.4) is 0 Å². The van der Waals surface area contributed by atoms with E-state index in [0.29, 0.717) is 25.8 Å². The van der Waals surface area contributed by atoms with Crippen LogP contribution in [-0.2, 0) is 20.8 Å². The van der Waals surface area contributed by atoms with Crippen LogP contribution >= 0.6 is 0 Å². The maximum atomic E-state index is 12.8. The highest BCUT2D eigenvalue weighted by Crippen LogP contribution is 2.15. The van der Waals surface area contributed by atoms with E-state index in [1.165, 1.54) is 4.90 Å². The molecular formula is C20H28N2O5. The van der Waals surface area contributed by atoms with Gasteiger partial charge in [0.05, 0.1) is 12.6 Å². The molecular weight excluding hydrogens is 348 g/mol. The number of carboxylic acid groups (broad SMARTS) is 1. The fraction of sp³-hybridized carbons (Fsp3) is 0.550. The lowest BCUT2D eigenvalue weighted by molar-refractivity contribution is -0.142. The molecule has 2 rings (SSSR count). The summed E-state index contributed by atoms with van der Waals surface area (Å²) in [5.74, 6) is -1.66. The monoisotopic (exact) mass is 376 g/mol. The molecule has 1 aliphatic rings. The Morgan fingerprint density at radius 1 is 1.19 bits per heavy atom. The summed E-state index contributed by atoms with van der Waals surface area (Å²) < 4.78 is 0. The maximum Gasteiger partial charge on any atom is 0.320 e. The Morgan fingerprint density at radius 3 is 2.59 bits per heavy atom. The molecule has 0 aromatic heterocycles. The molecule has 0 saturated carbocycles. The molecule has 7 heteroatoms. The fourth-order valence-corrected chi connectivity index (χ4v) is 3.33. The molecule has 7 nitrogen and oxygen atoms in total. The number of aliphatic hydroxyl groups excluding tert-OH is 1. The van der Waals surface area contributed by atoms with E-state index in [-0.39, 0.29) is 12.5 Å². The van der Waals surface area contributed by atoms with Gasteiger partial charge in [0, 0.05) is 6.54 Å². The van der Waals surface area contributed by atoms with Crippen molar-refractivity contribution in [2.75, 3.05) is 19.7 Å². The fourth-order valence-electron chi connectivity index (χ4n) is 3.33. The van der Waals surface area contributed by atoms with Crippen molar-refractivity contribution < 1.29 is 24.6 Å². The average molecular weight is 376 g/mol. The lowest BCUT2D eigenvalue weighted by atomic mass is 10.00. The summed E-state index contributed by atoms with van der Waals surface area (Å²) >= 11 is 0. The van der Waals surface area contributed by atoms with Gasteiger partial charge in [-0.05, 0) is 31.2 Å². The van der Waals surface area contributed by atoms with Crippen molar-refractivity contribution in [3.05, 3.63) is 35.9 Å². The van der Waals surface area contributed by atoms with E-state index in [1.807, 2.05) is 30.3 Å². The number of aliphatic hydroxyl groups is 1. The lowest BCUT2D eigenvalue weighted by Crippen LogP contribution is -2.54. The summed E-state index contributed by atoms with van der Waals surface area (Å²) in [6, 6.07) is 8.15. The zero-order valence-corrected chi connectivity index (χ0v) is 15.5. The van der Waals surface area contributed by atoms with Crippen molar-refractivity contribution in [1.29, 1.82) is 0 Å². The minimum Gasteiger partial charge on any atom is -0.480 e. The molecule has 1 aromatic carbocycles. The van der Waals surface area contributed by atoms with Crippen LogP contribution in [0.25, 0.3) is 0 Å². The lowest BCUT2D eigenvalue weighted by Gasteiger charge is -2.31. The highest BCUT2D eigenvalue weighted by Gasteiger charge is 2.30. The molecule has 0 spiro atoms. The van der Waals surface area contributed by atoms with E-state index in [4.69, 9.17) is 5.11 Å². The molecule has 2 unspecified atom stereocenters. The smallest absolute Gasteiger partial charge is 0.320 e. The average Bonchev–Trinajstić information content (AvgIpc) is 2.67. The molecule has 3 N–H and O–H groups in total. The first kappa shape index (κ1) is 21.1. The number of likely N-dealkylation sites (tertiary alicyclic amines) is 1. The molecule has 1 aliphatic heterocycles. The van der Waals surface area contributed by atoms with E-state index < -0.39 is 30.4 Å². The van der Waals surface area contributed by atoms with E-state index in [2.05, 4.69) is 5.32 Å². The van der Waals surface area contributed by atoms with E-state index in [9.17, 15) is 19.5 Å². The number of carbonyl (C=O) groups excluding carboxylic acids is 2. The number of nitrogens with one attached hydrogen (secondary N) is 1. The van der Waals surface area contributed by atoms with Crippen molar-refractivity contribution in [2.24, 2.45) is 0 Å². The highest BCUT2D eigenvalue weighted by molar-refractivity contribution is 5.89. The van der Waals surface area contributed by atoms with Crippen LogP contribution in [0.5, 0.6) is 0 Å². The zero-order valence-electron chi connectivity index (χ0n) is 15.5. The van der Waals surface area contributed by atoms with Gasteiger partial charge >= 0.3 is 5.97 Å². The Labute approximate surface area is 159 Å². The largest absolute Gasteiger partial charge is 0.480 e. The van der Waals surface area contributed by atoms with Crippen LogP contribution in [0.15, 0.2) is 30.3 Å². The Balaban J connectivity index is 2.02. The molecule has 2 atom stereocenters. The summed E-state index contributed by atoms with van der Waals surface area (Å²) in [6.07, 6.45) is 4.05. The van der Waals surface area contributed by atoms with E-state index in [1.54, 1.807) is 0 Å². The van der Waals surface area contributed by atoms with Crippen LogP contribution in [0.2, 0.25) is 0 Å². The van der Waals surface area contributed by atoms with Gasteiger partial charge in [0.15, 0.2) is 5.78 Å². The molecule has 1 aromatic rings. The standard InChI is InChI=1S/C20H28N2O5/c23-14-16(24)13-22-12-6-2-5-9-17(19(22)25)21-18(20(26)27)11-10-15-7-3-1-4-8-15/h1,3-4,7-8,17-18,21,23H,2,5-6,9-14H2,(H,26,27). The first-order chi connectivity index (χ1) is 13.0. The molecule has 0 radical (unpaired) electrons. The van der Waals surface area contributed by atoms with Crippen LogP contribution in [0, 0.1) is 0 Å². The summed E-state index contributed by atoms with van der Waals surface area (Å²) in [5.41, 5.74) is 1.05. The van der Waals surface area contributed by atoms with Crippen LogP contribution < -0.4 is 5.32 Å². The van der Waals surface area contributed by atoms with Crippen LogP contribution in [0.4, 0.5) is 0 Å². The second kappa shape index (κ2) is 10.8. The van der Waals surface area contributed by atoms with E-state index >= 15 is 0 Å². The Morgan fingerprint density at radius 2 is 1.93 bits per heavy atom. The van der Waals surface area contributed by atoms with Gasteiger partial charge in [-0.1, -0.05) is 43.2 Å². The van der Waals surface area contributed by atoms with Crippen molar-refractivity contribution in [3.63, 3.8) is 0 Å². The molecule has 0 aliphatic carbocycles. The molecule has 1 saturated heterocycles. The third-order valence-corrected chi connectivity index (χ3v) is 4.84. The Bertz CT molecular complexity index is 635. The number of hydrogen-bond donors (Lipinski definition) is 3.